The van der Waals surface area contributed by atoms with Crippen LogP contribution < -0.4 is 16.4 Å². The van der Waals surface area contributed by atoms with Gasteiger partial charge in [0, 0.05) is 53.9 Å². The Morgan fingerprint density at radius 3 is 2.49 bits per heavy atom. The molecule has 0 unspecified atom stereocenters. The van der Waals surface area contributed by atoms with Crippen molar-refractivity contribution in [1.29, 1.82) is 5.41 Å². The lowest BCUT2D eigenvalue weighted by molar-refractivity contribution is -0.143. The Hall–Kier alpha value is -4.52. The van der Waals surface area contributed by atoms with Crippen LogP contribution in [0.15, 0.2) is 54.9 Å². The normalized spacial score (nSPS) is 18.0. The number of hydrogen-bond acceptors (Lipinski definition) is 8. The van der Waals surface area contributed by atoms with Crippen LogP contribution >= 0.6 is 0 Å². The van der Waals surface area contributed by atoms with E-state index in [0.717, 1.165) is 18.3 Å². The standard InChI is InChI=1S/C28H28F3N7O3/c29-28(30,31)18-7-11-34-21(14-18)37-25(39)16-3-5-19(6-4-16)36-23-20(8-12-35-24(23)33)22(32)17-2-1-13-38(15-17)26(40)27(41)9-10-27/h3-8,11-12,14,17,32,36,41H,1-2,9-10,13,15H2,(H2,33,35)(H,34,37,39)/t17-/m1/s1. The smallest absolute Gasteiger partial charge is 0.382 e. The number of pyridine rings is 2. The quantitative estimate of drug-likeness (QED) is 0.268. The molecule has 2 aromatic heterocycles. The lowest BCUT2D eigenvalue weighted by Gasteiger charge is -2.34. The number of piperidine rings is 1. The lowest BCUT2D eigenvalue weighted by atomic mass is 9.88. The van der Waals surface area contributed by atoms with Crippen molar-refractivity contribution < 1.29 is 27.9 Å². The minimum Gasteiger partial charge on any atom is -0.382 e. The maximum absolute atomic E-state index is 13.0. The molecule has 5 rings (SSSR count). The fourth-order valence-electron chi connectivity index (χ4n) is 4.79. The molecule has 3 heterocycles. The summed E-state index contributed by atoms with van der Waals surface area (Å²) in [5.74, 6) is -1.25. The first-order chi connectivity index (χ1) is 19.4. The number of aliphatic hydroxyl groups is 1. The van der Waals surface area contributed by atoms with E-state index in [2.05, 4.69) is 20.6 Å². The number of likely N-dealkylation sites (tertiary alicyclic amines) is 1. The number of aromatic nitrogens is 2. The van der Waals surface area contributed by atoms with Crippen LogP contribution in [0.2, 0.25) is 0 Å². The Bertz CT molecular complexity index is 1490. The molecule has 0 bridgehead atoms. The number of nitrogens with zero attached hydrogens (tertiary/aromatic N) is 3. The molecule has 1 atom stereocenters. The van der Waals surface area contributed by atoms with Crippen molar-refractivity contribution in [1.82, 2.24) is 14.9 Å². The zero-order valence-corrected chi connectivity index (χ0v) is 21.8. The van der Waals surface area contributed by atoms with Gasteiger partial charge in [-0.15, -0.1) is 0 Å². The number of nitrogen functional groups attached to an aromatic ring is 1. The summed E-state index contributed by atoms with van der Waals surface area (Å²) in [4.78, 5) is 34.8. The monoisotopic (exact) mass is 567 g/mol. The van der Waals surface area contributed by atoms with Crippen LogP contribution in [-0.2, 0) is 11.0 Å². The molecule has 2 amide bonds. The van der Waals surface area contributed by atoms with E-state index < -0.39 is 23.2 Å². The molecular formula is C28H28F3N7O3. The average Bonchev–Trinajstić information content (AvgIpc) is 3.71. The molecule has 1 aromatic carbocycles. The predicted molar refractivity (Wildman–Crippen MR) is 146 cm³/mol. The Morgan fingerprint density at radius 1 is 1.10 bits per heavy atom. The Morgan fingerprint density at radius 2 is 1.80 bits per heavy atom. The maximum atomic E-state index is 13.0. The van der Waals surface area contributed by atoms with Crippen molar-refractivity contribution in [2.24, 2.45) is 5.92 Å². The highest BCUT2D eigenvalue weighted by atomic mass is 19.4. The number of hydrogen-bond donors (Lipinski definition) is 5. The molecule has 2 fully saturated rings. The van der Waals surface area contributed by atoms with Gasteiger partial charge in [-0.25, -0.2) is 9.97 Å². The van der Waals surface area contributed by atoms with Crippen LogP contribution in [0.25, 0.3) is 0 Å². The van der Waals surface area contributed by atoms with E-state index in [1.165, 1.54) is 18.3 Å². The first-order valence-electron chi connectivity index (χ1n) is 13.0. The van der Waals surface area contributed by atoms with Crippen molar-refractivity contribution in [2.75, 3.05) is 29.5 Å². The Balaban J connectivity index is 1.28. The van der Waals surface area contributed by atoms with Crippen molar-refractivity contribution >= 4 is 40.5 Å². The number of rotatable bonds is 7. The van der Waals surface area contributed by atoms with Crippen molar-refractivity contribution in [3.63, 3.8) is 0 Å². The summed E-state index contributed by atoms with van der Waals surface area (Å²) in [7, 11) is 0. The van der Waals surface area contributed by atoms with Gasteiger partial charge in [0.15, 0.2) is 0 Å². The SMILES string of the molecule is N=C(c1ccnc(N)c1Nc1ccc(C(=O)Nc2cc(C(F)(F)F)ccn2)cc1)[C@@H]1CCCN(C(=O)C2(O)CC2)C1. The second-order valence-electron chi connectivity index (χ2n) is 10.2. The summed E-state index contributed by atoms with van der Waals surface area (Å²) >= 11 is 0. The molecule has 1 aliphatic carbocycles. The number of benzene rings is 1. The van der Waals surface area contributed by atoms with Crippen molar-refractivity contribution in [3.8, 4) is 0 Å². The number of carbonyl (C=O) groups excluding carboxylic acids is 2. The van der Waals surface area contributed by atoms with Gasteiger partial charge >= 0.3 is 6.18 Å². The summed E-state index contributed by atoms with van der Waals surface area (Å²) in [5.41, 5.74) is 5.89. The molecule has 10 nitrogen and oxygen atoms in total. The van der Waals surface area contributed by atoms with E-state index in [0.29, 0.717) is 55.7 Å². The van der Waals surface area contributed by atoms with Crippen LogP contribution in [0.5, 0.6) is 0 Å². The van der Waals surface area contributed by atoms with Crippen LogP contribution in [-0.4, -0.2) is 56.2 Å². The average molecular weight is 568 g/mol. The third-order valence-corrected chi connectivity index (χ3v) is 7.25. The molecule has 41 heavy (non-hydrogen) atoms. The van der Waals surface area contributed by atoms with Gasteiger partial charge < -0.3 is 31.8 Å². The number of amides is 2. The molecular weight excluding hydrogens is 539 g/mol. The summed E-state index contributed by atoms with van der Waals surface area (Å²) < 4.78 is 38.9. The van der Waals surface area contributed by atoms with E-state index in [1.54, 1.807) is 23.1 Å². The first kappa shape index (κ1) is 28.0. The van der Waals surface area contributed by atoms with Gasteiger partial charge in [0.25, 0.3) is 11.8 Å². The fourth-order valence-corrected chi connectivity index (χ4v) is 4.79. The van der Waals surface area contributed by atoms with E-state index in [9.17, 15) is 27.9 Å². The van der Waals surface area contributed by atoms with Gasteiger partial charge in [0.2, 0.25) is 0 Å². The van der Waals surface area contributed by atoms with E-state index in [-0.39, 0.29) is 34.7 Å². The predicted octanol–water partition coefficient (Wildman–Crippen LogP) is 4.20. The third-order valence-electron chi connectivity index (χ3n) is 7.25. The summed E-state index contributed by atoms with van der Waals surface area (Å²) in [6, 6.07) is 9.38. The molecule has 1 aliphatic heterocycles. The number of alkyl halides is 3. The maximum Gasteiger partial charge on any atom is 0.416 e. The number of halogens is 3. The minimum absolute atomic E-state index is 0.153. The molecule has 0 radical (unpaired) electrons. The van der Waals surface area contributed by atoms with Gasteiger partial charge in [-0.05, 0) is 68.1 Å². The highest BCUT2D eigenvalue weighted by Gasteiger charge is 2.50. The van der Waals surface area contributed by atoms with Gasteiger partial charge in [0.05, 0.1) is 11.3 Å². The highest BCUT2D eigenvalue weighted by Crippen LogP contribution is 2.38. The first-order valence-corrected chi connectivity index (χ1v) is 13.0. The van der Waals surface area contributed by atoms with Crippen LogP contribution in [0.4, 0.5) is 36.2 Å². The summed E-state index contributed by atoms with van der Waals surface area (Å²) in [6.07, 6.45) is 0.233. The Kier molecular flexibility index (Phi) is 7.39. The second-order valence-corrected chi connectivity index (χ2v) is 10.2. The van der Waals surface area contributed by atoms with Gasteiger partial charge in [-0.1, -0.05) is 0 Å². The van der Waals surface area contributed by atoms with Gasteiger partial charge in [-0.3, -0.25) is 9.59 Å². The number of anilines is 4. The topological polar surface area (TPSA) is 157 Å². The van der Waals surface area contributed by atoms with Crippen LogP contribution in [0, 0.1) is 11.3 Å². The fraction of sp³-hybridized carbons (Fsp3) is 0.321. The van der Waals surface area contributed by atoms with E-state index in [4.69, 9.17) is 11.1 Å². The van der Waals surface area contributed by atoms with Gasteiger partial charge in [0.1, 0.15) is 17.2 Å². The zero-order valence-electron chi connectivity index (χ0n) is 21.8. The minimum atomic E-state index is -4.56. The number of nitrogens with one attached hydrogen (secondary N) is 3. The molecule has 0 spiro atoms. The van der Waals surface area contributed by atoms with Crippen LogP contribution in [0.1, 0.15) is 47.2 Å². The molecule has 2 aliphatic rings. The summed E-state index contributed by atoms with van der Waals surface area (Å²) in [5, 5.41) is 24.7. The molecule has 1 saturated heterocycles. The second kappa shape index (κ2) is 10.8. The van der Waals surface area contributed by atoms with E-state index >= 15 is 0 Å². The van der Waals surface area contributed by atoms with Crippen molar-refractivity contribution in [2.45, 2.75) is 37.5 Å². The Labute approximate surface area is 233 Å². The molecule has 6 N–H and O–H groups in total. The van der Waals surface area contributed by atoms with E-state index in [1.807, 2.05) is 0 Å². The highest BCUT2D eigenvalue weighted by molar-refractivity contribution is 6.07. The van der Waals surface area contributed by atoms with Gasteiger partial charge in [-0.2, -0.15) is 13.2 Å². The zero-order chi connectivity index (χ0) is 29.4. The summed E-state index contributed by atoms with van der Waals surface area (Å²) in [6.45, 7) is 0.866. The molecule has 13 heteroatoms. The van der Waals surface area contributed by atoms with Crippen molar-refractivity contribution in [3.05, 3.63) is 71.5 Å². The molecule has 3 aromatic rings. The number of nitrogens with two attached hydrogens (primary N) is 1. The molecule has 214 valence electrons. The largest absolute Gasteiger partial charge is 0.416 e. The van der Waals surface area contributed by atoms with Crippen LogP contribution in [0.3, 0.4) is 0 Å². The molecule has 1 saturated carbocycles. The third kappa shape index (κ3) is 6.14. The lowest BCUT2D eigenvalue weighted by Crippen LogP contribution is -2.47. The number of carbonyl (C=O) groups is 2.